The van der Waals surface area contributed by atoms with Crippen molar-refractivity contribution in [2.24, 2.45) is 0 Å². The zero-order valence-electron chi connectivity index (χ0n) is 13.0. The maximum atomic E-state index is 12.5. The second-order valence-electron chi connectivity index (χ2n) is 5.54. The lowest BCUT2D eigenvalue weighted by molar-refractivity contribution is -0.137. The molecule has 130 valence electrons. The number of carboxylic acid groups (broad SMARTS) is 1. The first-order valence-corrected chi connectivity index (χ1v) is 8.46. The van der Waals surface area contributed by atoms with E-state index >= 15 is 0 Å². The van der Waals surface area contributed by atoms with Crippen LogP contribution in [-0.4, -0.2) is 46.0 Å². The van der Waals surface area contributed by atoms with E-state index in [1.54, 1.807) is 11.6 Å². The first-order chi connectivity index (χ1) is 12.0. The second kappa shape index (κ2) is 7.41. The van der Waals surface area contributed by atoms with E-state index in [4.69, 9.17) is 5.11 Å². The van der Waals surface area contributed by atoms with Gasteiger partial charge >= 0.3 is 5.97 Å². The molecular formula is C16H16N4O4S. The summed E-state index contributed by atoms with van der Waals surface area (Å²) in [6.45, 7) is 0. The number of amides is 2. The summed E-state index contributed by atoms with van der Waals surface area (Å²) < 4.78 is 0. The van der Waals surface area contributed by atoms with E-state index in [2.05, 4.69) is 20.9 Å². The van der Waals surface area contributed by atoms with Gasteiger partial charge in [0, 0.05) is 18.0 Å². The molecule has 3 rings (SSSR count). The Morgan fingerprint density at radius 3 is 2.60 bits per heavy atom. The maximum Gasteiger partial charge on any atom is 0.322 e. The predicted molar refractivity (Wildman–Crippen MR) is 91.2 cm³/mol. The SMILES string of the molecule is O=C(Nc1nccs1)[C@H](Cc1ccccc1)NC(=O)[C@H]1N[C@@H]1C(=O)O. The van der Waals surface area contributed by atoms with Crippen molar-refractivity contribution < 1.29 is 19.5 Å². The fourth-order valence-corrected chi connectivity index (χ4v) is 2.91. The molecule has 1 saturated heterocycles. The highest BCUT2D eigenvalue weighted by Crippen LogP contribution is 2.14. The maximum absolute atomic E-state index is 12.5. The smallest absolute Gasteiger partial charge is 0.322 e. The summed E-state index contributed by atoms with van der Waals surface area (Å²) in [5, 5.41) is 18.9. The van der Waals surface area contributed by atoms with Crippen LogP contribution in [-0.2, 0) is 20.8 Å². The normalized spacial score (nSPS) is 19.7. The van der Waals surface area contributed by atoms with Crippen molar-refractivity contribution in [3.63, 3.8) is 0 Å². The molecule has 1 aliphatic rings. The van der Waals surface area contributed by atoms with E-state index in [1.807, 2.05) is 30.3 Å². The number of aliphatic carboxylic acids is 1. The summed E-state index contributed by atoms with van der Waals surface area (Å²) in [5.74, 6) is -2.01. The molecule has 9 heteroatoms. The lowest BCUT2D eigenvalue weighted by Gasteiger charge is -2.17. The van der Waals surface area contributed by atoms with Gasteiger partial charge in [-0.1, -0.05) is 30.3 Å². The Labute approximate surface area is 147 Å². The molecule has 0 saturated carbocycles. The molecule has 0 unspecified atom stereocenters. The molecule has 1 fully saturated rings. The zero-order chi connectivity index (χ0) is 17.8. The number of nitrogens with one attached hydrogen (secondary N) is 3. The van der Waals surface area contributed by atoms with Gasteiger partial charge in [0.1, 0.15) is 18.1 Å². The quantitative estimate of drug-likeness (QED) is 0.523. The molecule has 1 aliphatic heterocycles. The molecule has 2 amide bonds. The van der Waals surface area contributed by atoms with E-state index in [9.17, 15) is 14.4 Å². The van der Waals surface area contributed by atoms with Crippen molar-refractivity contribution in [1.82, 2.24) is 15.6 Å². The van der Waals surface area contributed by atoms with Crippen LogP contribution < -0.4 is 16.0 Å². The van der Waals surface area contributed by atoms with Gasteiger partial charge in [0.15, 0.2) is 5.13 Å². The van der Waals surface area contributed by atoms with Crippen molar-refractivity contribution in [1.29, 1.82) is 0 Å². The monoisotopic (exact) mass is 360 g/mol. The van der Waals surface area contributed by atoms with Crippen LogP contribution in [0.15, 0.2) is 41.9 Å². The number of benzene rings is 1. The third-order valence-electron chi connectivity index (χ3n) is 3.71. The van der Waals surface area contributed by atoms with Crippen LogP contribution >= 0.6 is 11.3 Å². The average Bonchev–Trinajstić information content (AvgIpc) is 3.26. The van der Waals surface area contributed by atoms with Gasteiger partial charge in [0.25, 0.3) is 0 Å². The minimum atomic E-state index is -1.09. The van der Waals surface area contributed by atoms with Crippen LogP contribution in [0.5, 0.6) is 0 Å². The molecule has 1 aromatic carbocycles. The van der Waals surface area contributed by atoms with Crippen molar-refractivity contribution in [3.8, 4) is 0 Å². The van der Waals surface area contributed by atoms with E-state index in [1.165, 1.54) is 11.3 Å². The minimum absolute atomic E-state index is 0.286. The summed E-state index contributed by atoms with van der Waals surface area (Å²) in [7, 11) is 0. The van der Waals surface area contributed by atoms with E-state index in [0.717, 1.165) is 5.56 Å². The van der Waals surface area contributed by atoms with Crippen LogP contribution in [0.1, 0.15) is 5.56 Å². The Kier molecular flexibility index (Phi) is 5.05. The third kappa shape index (κ3) is 4.40. The van der Waals surface area contributed by atoms with Gasteiger partial charge in [0.2, 0.25) is 11.8 Å². The Balaban J connectivity index is 1.68. The number of rotatable bonds is 7. The summed E-state index contributed by atoms with van der Waals surface area (Å²) in [5.41, 5.74) is 0.876. The van der Waals surface area contributed by atoms with Crippen LogP contribution in [0.25, 0.3) is 0 Å². The van der Waals surface area contributed by atoms with E-state index in [-0.39, 0.29) is 6.42 Å². The van der Waals surface area contributed by atoms with Gasteiger partial charge in [-0.2, -0.15) is 0 Å². The van der Waals surface area contributed by atoms with Crippen molar-refractivity contribution in [2.75, 3.05) is 5.32 Å². The topological polar surface area (TPSA) is 130 Å². The number of carbonyl (C=O) groups is 3. The molecule has 8 nitrogen and oxygen atoms in total. The summed E-state index contributed by atoms with van der Waals surface area (Å²) in [4.78, 5) is 39.6. The van der Waals surface area contributed by atoms with E-state index < -0.39 is 35.9 Å². The number of hydrogen-bond donors (Lipinski definition) is 4. The number of anilines is 1. The number of nitrogens with zero attached hydrogens (tertiary/aromatic N) is 1. The molecule has 25 heavy (non-hydrogen) atoms. The van der Waals surface area contributed by atoms with Crippen LogP contribution in [0, 0.1) is 0 Å². The Morgan fingerprint density at radius 2 is 2.00 bits per heavy atom. The lowest BCUT2D eigenvalue weighted by atomic mass is 10.0. The molecule has 4 N–H and O–H groups in total. The number of carbonyl (C=O) groups excluding carboxylic acids is 2. The Bertz CT molecular complexity index is 766. The van der Waals surface area contributed by atoms with Gasteiger partial charge in [-0.3, -0.25) is 19.7 Å². The highest BCUT2D eigenvalue weighted by Gasteiger charge is 2.48. The molecule has 2 aromatic rings. The molecule has 1 aromatic heterocycles. The van der Waals surface area contributed by atoms with Gasteiger partial charge in [-0.15, -0.1) is 11.3 Å². The highest BCUT2D eigenvalue weighted by molar-refractivity contribution is 7.13. The number of carboxylic acids is 1. The summed E-state index contributed by atoms with van der Waals surface area (Å²) in [6, 6.07) is 6.69. The number of aromatic nitrogens is 1. The van der Waals surface area contributed by atoms with Crippen LogP contribution in [0.2, 0.25) is 0 Å². The summed E-state index contributed by atoms with van der Waals surface area (Å²) >= 11 is 1.27. The highest BCUT2D eigenvalue weighted by atomic mass is 32.1. The molecule has 2 heterocycles. The zero-order valence-corrected chi connectivity index (χ0v) is 13.8. The van der Waals surface area contributed by atoms with Crippen LogP contribution in [0.4, 0.5) is 5.13 Å². The molecule has 0 radical (unpaired) electrons. The number of hydrogen-bond acceptors (Lipinski definition) is 6. The van der Waals surface area contributed by atoms with Gasteiger partial charge < -0.3 is 15.7 Å². The third-order valence-corrected chi connectivity index (χ3v) is 4.40. The second-order valence-corrected chi connectivity index (χ2v) is 6.43. The largest absolute Gasteiger partial charge is 0.480 e. The fourth-order valence-electron chi connectivity index (χ4n) is 2.38. The number of thiazole rings is 1. The van der Waals surface area contributed by atoms with Gasteiger partial charge in [-0.05, 0) is 5.56 Å². The average molecular weight is 360 g/mol. The lowest BCUT2D eigenvalue weighted by Crippen LogP contribution is -2.47. The fraction of sp³-hybridized carbons (Fsp3) is 0.250. The van der Waals surface area contributed by atoms with Crippen molar-refractivity contribution in [2.45, 2.75) is 24.5 Å². The Hall–Kier alpha value is -2.78. The van der Waals surface area contributed by atoms with Crippen molar-refractivity contribution >= 4 is 34.3 Å². The minimum Gasteiger partial charge on any atom is -0.480 e. The molecule has 0 spiro atoms. The van der Waals surface area contributed by atoms with Gasteiger partial charge in [-0.25, -0.2) is 4.98 Å². The first-order valence-electron chi connectivity index (χ1n) is 7.58. The Morgan fingerprint density at radius 1 is 1.24 bits per heavy atom. The van der Waals surface area contributed by atoms with Crippen molar-refractivity contribution in [3.05, 3.63) is 47.5 Å². The van der Waals surface area contributed by atoms with Crippen LogP contribution in [0.3, 0.4) is 0 Å². The molecule has 0 bridgehead atoms. The standard InChI is InChI=1S/C16H16N4O4S/c21-13(20-16-17-6-7-25-16)10(8-9-4-2-1-3-5-9)18-14(22)11-12(19-11)15(23)24/h1-7,10-12,19H,8H2,(H,18,22)(H,23,24)(H,17,20,21)/t10-,11-,12-/m0/s1. The molecule has 0 aliphatic carbocycles. The predicted octanol–water partition coefficient (Wildman–Crippen LogP) is 0.234. The first kappa shape index (κ1) is 17.1. The van der Waals surface area contributed by atoms with E-state index in [0.29, 0.717) is 5.13 Å². The molecule has 3 atom stereocenters. The molecular weight excluding hydrogens is 344 g/mol. The summed E-state index contributed by atoms with van der Waals surface area (Å²) in [6.07, 6.45) is 1.85. The van der Waals surface area contributed by atoms with Gasteiger partial charge in [0.05, 0.1) is 0 Å².